The van der Waals surface area contributed by atoms with Crippen LogP contribution < -0.4 is 5.32 Å². The molecule has 0 aromatic heterocycles. The standard InChI is InChI=1S/C14H28N2OS/c1-5-8-14(9-6-10-15-14)13(17)16(3)12(2)7-11-18-4/h12,15H,5-11H2,1-4H3. The Labute approximate surface area is 116 Å². The van der Waals surface area contributed by atoms with E-state index in [1.165, 1.54) is 0 Å². The highest BCUT2D eigenvalue weighted by Gasteiger charge is 2.42. The fourth-order valence-corrected chi connectivity index (χ4v) is 3.33. The van der Waals surface area contributed by atoms with Crippen molar-refractivity contribution in [2.75, 3.05) is 25.6 Å². The molecular weight excluding hydrogens is 244 g/mol. The summed E-state index contributed by atoms with van der Waals surface area (Å²) in [5.41, 5.74) is -0.267. The van der Waals surface area contributed by atoms with Crippen molar-refractivity contribution < 1.29 is 4.79 Å². The molecule has 0 aliphatic carbocycles. The van der Waals surface area contributed by atoms with Gasteiger partial charge in [-0.1, -0.05) is 13.3 Å². The number of hydrogen-bond donors (Lipinski definition) is 1. The molecule has 1 heterocycles. The van der Waals surface area contributed by atoms with Crippen LogP contribution in [0.1, 0.15) is 46.0 Å². The number of thioether (sulfide) groups is 1. The molecule has 1 fully saturated rings. The van der Waals surface area contributed by atoms with Gasteiger partial charge in [-0.3, -0.25) is 4.79 Å². The van der Waals surface area contributed by atoms with E-state index in [4.69, 9.17) is 0 Å². The molecule has 3 nitrogen and oxygen atoms in total. The predicted molar refractivity (Wildman–Crippen MR) is 80.1 cm³/mol. The Morgan fingerprint density at radius 3 is 2.78 bits per heavy atom. The summed E-state index contributed by atoms with van der Waals surface area (Å²) in [7, 11) is 1.96. The average molecular weight is 272 g/mol. The maximum Gasteiger partial charge on any atom is 0.242 e. The third-order valence-corrected chi connectivity index (χ3v) is 4.70. The van der Waals surface area contributed by atoms with Crippen LogP contribution in [0.5, 0.6) is 0 Å². The van der Waals surface area contributed by atoms with Gasteiger partial charge in [-0.05, 0) is 51.2 Å². The summed E-state index contributed by atoms with van der Waals surface area (Å²) >= 11 is 1.85. The molecule has 0 spiro atoms. The second-order valence-electron chi connectivity index (χ2n) is 5.41. The molecule has 2 unspecified atom stereocenters. The van der Waals surface area contributed by atoms with Crippen molar-refractivity contribution >= 4 is 17.7 Å². The Balaban J connectivity index is 2.64. The maximum atomic E-state index is 12.7. The van der Waals surface area contributed by atoms with Gasteiger partial charge < -0.3 is 10.2 Å². The zero-order valence-electron chi connectivity index (χ0n) is 12.3. The molecule has 1 aliphatic rings. The molecule has 0 aromatic carbocycles. The summed E-state index contributed by atoms with van der Waals surface area (Å²) in [5.74, 6) is 1.42. The van der Waals surface area contributed by atoms with Crippen molar-refractivity contribution in [3.63, 3.8) is 0 Å². The zero-order chi connectivity index (χ0) is 13.6. The van der Waals surface area contributed by atoms with Crippen LogP contribution in [0.3, 0.4) is 0 Å². The molecule has 0 bridgehead atoms. The number of likely N-dealkylation sites (N-methyl/N-ethyl adjacent to an activating group) is 1. The summed E-state index contributed by atoms with van der Waals surface area (Å²) in [6.45, 7) is 5.30. The van der Waals surface area contributed by atoms with E-state index >= 15 is 0 Å². The third-order valence-electron chi connectivity index (χ3n) is 4.05. The summed E-state index contributed by atoms with van der Waals surface area (Å²) < 4.78 is 0. The Morgan fingerprint density at radius 2 is 2.28 bits per heavy atom. The van der Waals surface area contributed by atoms with E-state index in [9.17, 15) is 4.79 Å². The normalized spacial score (nSPS) is 25.1. The van der Waals surface area contributed by atoms with Gasteiger partial charge in [0.25, 0.3) is 0 Å². The molecule has 1 N–H and O–H groups in total. The van der Waals surface area contributed by atoms with Crippen molar-refractivity contribution in [3.05, 3.63) is 0 Å². The monoisotopic (exact) mass is 272 g/mol. The molecule has 0 saturated carbocycles. The van der Waals surface area contributed by atoms with E-state index in [-0.39, 0.29) is 5.54 Å². The van der Waals surface area contributed by atoms with E-state index < -0.39 is 0 Å². The van der Waals surface area contributed by atoms with Gasteiger partial charge in [0.1, 0.15) is 0 Å². The third kappa shape index (κ3) is 3.64. The Bertz CT molecular complexity index is 265. The second-order valence-corrected chi connectivity index (χ2v) is 6.39. The van der Waals surface area contributed by atoms with Crippen molar-refractivity contribution in [2.45, 2.75) is 57.5 Å². The number of rotatable bonds is 7. The van der Waals surface area contributed by atoms with E-state index in [1.807, 2.05) is 23.7 Å². The van der Waals surface area contributed by atoms with Gasteiger partial charge in [-0.2, -0.15) is 11.8 Å². The molecule has 2 atom stereocenters. The summed E-state index contributed by atoms with van der Waals surface area (Å²) in [5, 5.41) is 3.47. The first-order valence-electron chi connectivity index (χ1n) is 7.08. The Morgan fingerprint density at radius 1 is 1.56 bits per heavy atom. The molecule has 1 amide bonds. The van der Waals surface area contributed by atoms with Crippen molar-refractivity contribution in [3.8, 4) is 0 Å². The lowest BCUT2D eigenvalue weighted by molar-refractivity contribution is -0.138. The number of hydrogen-bond acceptors (Lipinski definition) is 3. The molecule has 1 aliphatic heterocycles. The maximum absolute atomic E-state index is 12.7. The highest BCUT2D eigenvalue weighted by atomic mass is 32.2. The molecule has 106 valence electrons. The minimum atomic E-state index is -0.267. The van der Waals surface area contributed by atoms with E-state index in [2.05, 4.69) is 25.4 Å². The first-order valence-corrected chi connectivity index (χ1v) is 8.48. The SMILES string of the molecule is CCCC1(C(=O)N(C)C(C)CCSC)CCCN1. The van der Waals surface area contributed by atoms with Gasteiger partial charge in [-0.15, -0.1) is 0 Å². The molecule has 4 heteroatoms. The minimum absolute atomic E-state index is 0.267. The number of carbonyl (C=O) groups excluding carboxylic acids is 1. The first kappa shape index (κ1) is 15.8. The van der Waals surface area contributed by atoms with Crippen LogP contribution in [0, 0.1) is 0 Å². The highest BCUT2D eigenvalue weighted by molar-refractivity contribution is 7.98. The molecule has 0 aromatic rings. The van der Waals surface area contributed by atoms with Gasteiger partial charge >= 0.3 is 0 Å². The summed E-state index contributed by atoms with van der Waals surface area (Å²) in [6.07, 6.45) is 7.34. The smallest absolute Gasteiger partial charge is 0.242 e. The average Bonchev–Trinajstić information content (AvgIpc) is 2.84. The van der Waals surface area contributed by atoms with Crippen LogP contribution in [0.4, 0.5) is 0 Å². The van der Waals surface area contributed by atoms with Gasteiger partial charge in [0.15, 0.2) is 0 Å². The highest BCUT2D eigenvalue weighted by Crippen LogP contribution is 2.27. The molecule has 1 rings (SSSR count). The molecule has 0 radical (unpaired) electrons. The number of nitrogens with zero attached hydrogens (tertiary/aromatic N) is 1. The lowest BCUT2D eigenvalue weighted by Gasteiger charge is -2.35. The van der Waals surface area contributed by atoms with Crippen LogP contribution in [0.25, 0.3) is 0 Å². The second kappa shape index (κ2) is 7.39. The van der Waals surface area contributed by atoms with E-state index in [0.29, 0.717) is 11.9 Å². The van der Waals surface area contributed by atoms with E-state index in [0.717, 1.165) is 44.4 Å². The van der Waals surface area contributed by atoms with Crippen molar-refractivity contribution in [1.29, 1.82) is 0 Å². The van der Waals surface area contributed by atoms with Crippen LogP contribution in [-0.4, -0.2) is 48.0 Å². The zero-order valence-corrected chi connectivity index (χ0v) is 13.1. The summed E-state index contributed by atoms with van der Waals surface area (Å²) in [6, 6.07) is 0.334. The van der Waals surface area contributed by atoms with Crippen LogP contribution >= 0.6 is 11.8 Å². The lowest BCUT2D eigenvalue weighted by Crippen LogP contribution is -2.55. The topological polar surface area (TPSA) is 32.3 Å². The van der Waals surface area contributed by atoms with Gasteiger partial charge in [0.2, 0.25) is 5.91 Å². The van der Waals surface area contributed by atoms with Gasteiger partial charge in [-0.25, -0.2) is 0 Å². The Hall–Kier alpha value is -0.220. The quantitative estimate of drug-likeness (QED) is 0.773. The number of nitrogens with one attached hydrogen (secondary N) is 1. The van der Waals surface area contributed by atoms with Gasteiger partial charge in [0, 0.05) is 13.1 Å². The lowest BCUT2D eigenvalue weighted by atomic mass is 9.90. The number of amides is 1. The summed E-state index contributed by atoms with van der Waals surface area (Å²) in [4.78, 5) is 14.7. The Kier molecular flexibility index (Phi) is 6.50. The van der Waals surface area contributed by atoms with Crippen LogP contribution in [-0.2, 0) is 4.79 Å². The molecule has 18 heavy (non-hydrogen) atoms. The largest absolute Gasteiger partial charge is 0.341 e. The predicted octanol–water partition coefficient (Wildman–Crippen LogP) is 2.51. The number of carbonyl (C=O) groups is 1. The molecular formula is C14H28N2OS. The molecule has 1 saturated heterocycles. The fraction of sp³-hybridized carbons (Fsp3) is 0.929. The van der Waals surface area contributed by atoms with Crippen molar-refractivity contribution in [1.82, 2.24) is 10.2 Å². The minimum Gasteiger partial charge on any atom is -0.341 e. The fourth-order valence-electron chi connectivity index (χ4n) is 2.76. The van der Waals surface area contributed by atoms with Gasteiger partial charge in [0.05, 0.1) is 5.54 Å². The first-order chi connectivity index (χ1) is 8.57. The van der Waals surface area contributed by atoms with Crippen molar-refractivity contribution in [2.24, 2.45) is 0 Å². The van der Waals surface area contributed by atoms with Crippen LogP contribution in [0.15, 0.2) is 0 Å². The van der Waals surface area contributed by atoms with Crippen LogP contribution in [0.2, 0.25) is 0 Å². The van der Waals surface area contributed by atoms with E-state index in [1.54, 1.807) is 0 Å².